The number of aliphatic carboxylic acids is 1. The van der Waals surface area contributed by atoms with Crippen molar-refractivity contribution in [1.82, 2.24) is 20.2 Å². The van der Waals surface area contributed by atoms with E-state index in [1.165, 1.54) is 0 Å². The van der Waals surface area contributed by atoms with E-state index in [0.29, 0.717) is 25.3 Å². The number of carbonyl (C=O) groups is 2. The Morgan fingerprint density at radius 1 is 0.981 bits per heavy atom. The maximum Gasteiger partial charge on any atom is 0.330 e. The largest absolute Gasteiger partial charge is 0.490 e. The zero-order valence-corrected chi connectivity index (χ0v) is 30.3. The molecule has 0 unspecified atom stereocenters. The number of carboxylic acid groups (broad SMARTS) is 1. The van der Waals surface area contributed by atoms with Crippen LogP contribution in [0.4, 0.5) is 29.2 Å². The molecule has 1 spiro atoms. The molecule has 1 aromatic carbocycles. The quantitative estimate of drug-likeness (QED) is 0.267. The molecule has 7 fully saturated rings. The van der Waals surface area contributed by atoms with Gasteiger partial charge >= 0.3 is 5.97 Å². The number of hydrogen-bond donors (Lipinski definition) is 2. The summed E-state index contributed by atoms with van der Waals surface area (Å²) in [6.07, 6.45) is 11.5. The number of carbonyl (C=O) groups excluding carboxylic acids is 1. The standard InChI is InChI=1S/C40H49F4N5O4/c1-37(41,42)33-30(34(50)47-40(35(51)52)25-14-23-13-24(16-25)17-26(40)15-23)21-45-36(46-33)49-22-38(9-3-2-4-10-38)31-18-29(5-6-32(31)49)53-28-7-11-48(12-8-28)27-19-39(43,44)20-27/h5-6,18,21,23-28H,2-4,7-17,19-20,22H2,1H3,(H,47,50)(H,51,52). The molecule has 1 aromatic heterocycles. The third-order valence-electron chi connectivity index (χ3n) is 14.2. The van der Waals surface area contributed by atoms with Gasteiger partial charge in [-0.1, -0.05) is 19.3 Å². The van der Waals surface area contributed by atoms with Crippen molar-refractivity contribution in [2.75, 3.05) is 24.5 Å². The van der Waals surface area contributed by atoms with Crippen LogP contribution in [0.5, 0.6) is 5.75 Å². The highest BCUT2D eigenvalue weighted by Crippen LogP contribution is 2.59. The molecule has 10 rings (SSSR count). The van der Waals surface area contributed by atoms with Gasteiger partial charge in [-0.25, -0.2) is 23.5 Å². The molecule has 4 bridgehead atoms. The molecule has 286 valence electrons. The van der Waals surface area contributed by atoms with Crippen LogP contribution in [0.1, 0.15) is 118 Å². The first-order valence-electron chi connectivity index (χ1n) is 19.7. The summed E-state index contributed by atoms with van der Waals surface area (Å²) < 4.78 is 64.3. The number of aromatic nitrogens is 2. The molecular weight excluding hydrogens is 690 g/mol. The van der Waals surface area contributed by atoms with Gasteiger partial charge in [0.05, 0.1) is 5.56 Å². The van der Waals surface area contributed by atoms with Crippen molar-refractivity contribution in [2.24, 2.45) is 23.7 Å². The normalized spacial score (nSPS) is 32.1. The topological polar surface area (TPSA) is 108 Å². The molecule has 9 nitrogen and oxygen atoms in total. The van der Waals surface area contributed by atoms with Crippen molar-refractivity contribution in [1.29, 1.82) is 0 Å². The Labute approximate surface area is 307 Å². The number of hydrogen-bond acceptors (Lipinski definition) is 7. The van der Waals surface area contributed by atoms with Gasteiger partial charge in [0.2, 0.25) is 5.95 Å². The van der Waals surface area contributed by atoms with Crippen LogP contribution in [0.15, 0.2) is 24.4 Å². The average molecular weight is 740 g/mol. The number of ether oxygens (including phenoxy) is 1. The molecule has 1 amide bonds. The first-order chi connectivity index (χ1) is 25.2. The van der Waals surface area contributed by atoms with Crippen molar-refractivity contribution in [3.05, 3.63) is 41.2 Å². The van der Waals surface area contributed by atoms with Crippen LogP contribution in [0, 0.1) is 23.7 Å². The zero-order valence-electron chi connectivity index (χ0n) is 30.3. The van der Waals surface area contributed by atoms with Crippen LogP contribution < -0.4 is 15.0 Å². The lowest BCUT2D eigenvalue weighted by Gasteiger charge is -2.59. The fourth-order valence-corrected chi connectivity index (χ4v) is 11.8. The number of likely N-dealkylation sites (tertiary alicyclic amines) is 1. The first-order valence-corrected chi connectivity index (χ1v) is 19.7. The van der Waals surface area contributed by atoms with E-state index >= 15 is 8.78 Å². The molecular formula is C40H49F4N5O4. The van der Waals surface area contributed by atoms with E-state index in [1.807, 2.05) is 17.0 Å². The molecule has 6 aliphatic carbocycles. The monoisotopic (exact) mass is 739 g/mol. The number of carboxylic acids is 1. The van der Waals surface area contributed by atoms with Crippen LogP contribution in [-0.4, -0.2) is 75.1 Å². The van der Waals surface area contributed by atoms with E-state index in [9.17, 15) is 23.5 Å². The fraction of sp³-hybridized carbons (Fsp3) is 0.700. The highest BCUT2D eigenvalue weighted by molar-refractivity contribution is 5.99. The number of amides is 1. The zero-order chi connectivity index (χ0) is 36.9. The van der Waals surface area contributed by atoms with E-state index in [4.69, 9.17) is 4.74 Å². The molecule has 8 aliphatic rings. The molecule has 1 saturated heterocycles. The third-order valence-corrected chi connectivity index (χ3v) is 14.2. The van der Waals surface area contributed by atoms with Gasteiger partial charge in [-0.15, -0.1) is 0 Å². The Morgan fingerprint density at radius 2 is 1.64 bits per heavy atom. The summed E-state index contributed by atoms with van der Waals surface area (Å²) in [7, 11) is 0. The minimum atomic E-state index is -3.50. The van der Waals surface area contributed by atoms with Gasteiger partial charge in [0, 0.05) is 62.7 Å². The lowest BCUT2D eigenvalue weighted by Crippen LogP contribution is -2.70. The average Bonchev–Trinajstić information content (AvgIpc) is 3.40. The third kappa shape index (κ3) is 5.98. The van der Waals surface area contributed by atoms with Gasteiger partial charge in [-0.05, 0) is 105 Å². The van der Waals surface area contributed by atoms with Gasteiger partial charge in [0.25, 0.3) is 17.8 Å². The molecule has 2 aliphatic heterocycles. The van der Waals surface area contributed by atoms with E-state index in [2.05, 4.69) is 26.3 Å². The van der Waals surface area contributed by atoms with Crippen molar-refractivity contribution in [3.8, 4) is 5.75 Å². The molecule has 0 radical (unpaired) electrons. The maximum atomic E-state index is 15.5. The molecule has 2 aromatic rings. The SMILES string of the molecule is CC(F)(F)c1nc(N2CC3(CCCCC3)c3cc(OC4CCN(C5CC(F)(F)C5)CC4)ccc32)ncc1C(=O)NC1(C(=O)O)C2CC3CC(C2)CC1C3. The van der Waals surface area contributed by atoms with Crippen LogP contribution >= 0.6 is 0 Å². The highest BCUT2D eigenvalue weighted by atomic mass is 19.3. The van der Waals surface area contributed by atoms with Crippen LogP contribution in [0.25, 0.3) is 0 Å². The Bertz CT molecular complexity index is 1750. The predicted octanol–water partition coefficient (Wildman–Crippen LogP) is 7.59. The number of halogens is 4. The molecule has 13 heteroatoms. The Morgan fingerprint density at radius 3 is 2.25 bits per heavy atom. The predicted molar refractivity (Wildman–Crippen MR) is 188 cm³/mol. The maximum absolute atomic E-state index is 15.5. The van der Waals surface area contributed by atoms with Gasteiger partial charge in [0.15, 0.2) is 0 Å². The van der Waals surface area contributed by atoms with Gasteiger partial charge < -0.3 is 20.1 Å². The number of piperidine rings is 1. The van der Waals surface area contributed by atoms with Gasteiger partial charge in [-0.3, -0.25) is 9.69 Å². The lowest BCUT2D eigenvalue weighted by atomic mass is 9.48. The number of nitrogens with one attached hydrogen (secondary N) is 1. The summed E-state index contributed by atoms with van der Waals surface area (Å²) in [6, 6.07) is 5.86. The van der Waals surface area contributed by atoms with Crippen molar-refractivity contribution >= 4 is 23.5 Å². The minimum Gasteiger partial charge on any atom is -0.490 e. The smallest absolute Gasteiger partial charge is 0.330 e. The minimum absolute atomic E-state index is 0.0276. The second-order valence-electron chi connectivity index (χ2n) is 17.6. The number of fused-ring (bicyclic) bond motifs is 2. The van der Waals surface area contributed by atoms with Crippen LogP contribution in [0.2, 0.25) is 0 Å². The Hall–Kier alpha value is -3.48. The number of nitrogens with zero attached hydrogens (tertiary/aromatic N) is 4. The van der Waals surface area contributed by atoms with E-state index in [1.54, 1.807) is 0 Å². The lowest BCUT2D eigenvalue weighted by molar-refractivity contribution is -0.163. The molecule has 2 N–H and O–H groups in total. The number of alkyl halides is 4. The fourth-order valence-electron chi connectivity index (χ4n) is 11.8. The van der Waals surface area contributed by atoms with Gasteiger partial charge in [0.1, 0.15) is 23.1 Å². The van der Waals surface area contributed by atoms with Crippen LogP contribution in [0.3, 0.4) is 0 Å². The van der Waals surface area contributed by atoms with Crippen LogP contribution in [-0.2, 0) is 16.1 Å². The number of benzene rings is 1. The van der Waals surface area contributed by atoms with E-state index in [-0.39, 0.29) is 48.2 Å². The van der Waals surface area contributed by atoms with E-state index in [0.717, 1.165) is 113 Å². The highest BCUT2D eigenvalue weighted by Gasteiger charge is 2.62. The second kappa shape index (κ2) is 12.5. The van der Waals surface area contributed by atoms with Gasteiger partial charge in [-0.2, -0.15) is 8.78 Å². The number of anilines is 2. The molecule has 53 heavy (non-hydrogen) atoms. The van der Waals surface area contributed by atoms with Crippen molar-refractivity contribution in [3.63, 3.8) is 0 Å². The second-order valence-corrected chi connectivity index (χ2v) is 17.6. The van der Waals surface area contributed by atoms with Crippen molar-refractivity contribution < 1.29 is 37.0 Å². The molecule has 3 heterocycles. The summed E-state index contributed by atoms with van der Waals surface area (Å²) in [6.45, 7) is 2.67. The Kier molecular flexibility index (Phi) is 8.33. The van der Waals surface area contributed by atoms with E-state index < -0.39 is 40.5 Å². The number of rotatable bonds is 8. The Balaban J connectivity index is 0.976. The van der Waals surface area contributed by atoms with Crippen molar-refractivity contribution in [2.45, 2.75) is 132 Å². The molecule has 6 saturated carbocycles. The summed E-state index contributed by atoms with van der Waals surface area (Å²) in [5.74, 6) is -6.75. The first kappa shape index (κ1) is 35.2. The summed E-state index contributed by atoms with van der Waals surface area (Å²) in [5, 5.41) is 13.4. The summed E-state index contributed by atoms with van der Waals surface area (Å²) in [4.78, 5) is 39.8. The molecule has 0 atom stereocenters. The summed E-state index contributed by atoms with van der Waals surface area (Å²) in [5.41, 5.74) is -0.954. The summed E-state index contributed by atoms with van der Waals surface area (Å²) >= 11 is 0.